The van der Waals surface area contributed by atoms with E-state index >= 15 is 0 Å². The van der Waals surface area contributed by atoms with Crippen molar-refractivity contribution in [3.8, 4) is 0 Å². The molecule has 4 nitrogen and oxygen atoms in total. The average molecular weight is 310 g/mol. The van der Waals surface area contributed by atoms with Gasteiger partial charge in [0.25, 0.3) is 0 Å². The van der Waals surface area contributed by atoms with Crippen molar-refractivity contribution >= 4 is 28.2 Å². The lowest BCUT2D eigenvalue weighted by Crippen LogP contribution is -2.24. The minimum Gasteiger partial charge on any atom is -0.350 e. The van der Waals surface area contributed by atoms with E-state index < -0.39 is 17.8 Å². The first-order valence-corrected chi connectivity index (χ1v) is 5.06. The number of urea groups is 1. The summed E-state index contributed by atoms with van der Waals surface area (Å²) in [6.45, 7) is 0. The van der Waals surface area contributed by atoms with Crippen LogP contribution in [-0.2, 0) is 6.18 Å². The lowest BCUT2D eigenvalue weighted by atomic mass is 10.1. The number of alkyl halides is 3. The molecule has 0 spiro atoms. The van der Waals surface area contributed by atoms with E-state index in [0.717, 1.165) is 6.21 Å². The Balaban J connectivity index is 3.12. The van der Waals surface area contributed by atoms with Gasteiger partial charge in [0.2, 0.25) is 0 Å². The van der Waals surface area contributed by atoms with Crippen molar-refractivity contribution in [2.45, 2.75) is 6.18 Å². The van der Waals surface area contributed by atoms with E-state index in [-0.39, 0.29) is 10.0 Å². The Bertz CT molecular complexity index is 459. The first-order chi connectivity index (χ1) is 7.82. The van der Waals surface area contributed by atoms with Gasteiger partial charge in [-0.15, -0.1) is 0 Å². The molecule has 0 heterocycles. The maximum Gasteiger partial charge on any atom is 0.418 e. The van der Waals surface area contributed by atoms with Gasteiger partial charge >= 0.3 is 12.2 Å². The van der Waals surface area contributed by atoms with Gasteiger partial charge in [-0.05, 0) is 6.07 Å². The molecule has 0 aliphatic carbocycles. The topological polar surface area (TPSA) is 67.5 Å². The van der Waals surface area contributed by atoms with Crippen LogP contribution in [-0.4, -0.2) is 12.2 Å². The van der Waals surface area contributed by atoms with Gasteiger partial charge in [-0.3, -0.25) is 0 Å². The van der Waals surface area contributed by atoms with E-state index in [9.17, 15) is 18.0 Å². The molecule has 0 fully saturated rings. The quantitative estimate of drug-likeness (QED) is 0.639. The van der Waals surface area contributed by atoms with E-state index in [0.29, 0.717) is 0 Å². The number of benzene rings is 1. The molecular weight excluding hydrogens is 303 g/mol. The number of hydrazone groups is 1. The SMILES string of the molecule is NC(=O)NN=Cc1cccc(Br)c1C(F)(F)F. The molecule has 0 radical (unpaired) electrons. The Morgan fingerprint density at radius 1 is 1.47 bits per heavy atom. The number of hydrogen-bond donors (Lipinski definition) is 2. The molecule has 1 aromatic carbocycles. The number of carbonyl (C=O) groups excluding carboxylic acids is 1. The maximum atomic E-state index is 12.7. The molecule has 8 heteroatoms. The average Bonchev–Trinajstić information content (AvgIpc) is 2.14. The van der Waals surface area contributed by atoms with Gasteiger partial charge in [0.15, 0.2) is 0 Å². The van der Waals surface area contributed by atoms with Crippen LogP contribution in [0.3, 0.4) is 0 Å². The summed E-state index contributed by atoms with van der Waals surface area (Å²) in [6, 6.07) is 2.96. The van der Waals surface area contributed by atoms with E-state index in [2.05, 4.69) is 21.0 Å². The molecule has 0 bridgehead atoms. The highest BCUT2D eigenvalue weighted by molar-refractivity contribution is 9.10. The molecule has 0 atom stereocenters. The molecule has 0 saturated heterocycles. The first-order valence-electron chi connectivity index (χ1n) is 4.26. The van der Waals surface area contributed by atoms with Gasteiger partial charge in [0, 0.05) is 10.0 Å². The highest BCUT2D eigenvalue weighted by atomic mass is 79.9. The number of rotatable bonds is 2. The summed E-state index contributed by atoms with van der Waals surface area (Å²) >= 11 is 2.81. The molecule has 0 unspecified atom stereocenters. The van der Waals surface area contributed by atoms with E-state index in [1.807, 2.05) is 5.43 Å². The van der Waals surface area contributed by atoms with Crippen LogP contribution in [0.15, 0.2) is 27.8 Å². The number of nitrogens with two attached hydrogens (primary N) is 1. The van der Waals surface area contributed by atoms with Crippen LogP contribution in [0.5, 0.6) is 0 Å². The van der Waals surface area contributed by atoms with Crippen LogP contribution in [0, 0.1) is 0 Å². The van der Waals surface area contributed by atoms with Gasteiger partial charge in [-0.2, -0.15) is 18.3 Å². The zero-order valence-electron chi connectivity index (χ0n) is 8.25. The smallest absolute Gasteiger partial charge is 0.350 e. The van der Waals surface area contributed by atoms with Gasteiger partial charge in [-0.1, -0.05) is 28.1 Å². The van der Waals surface area contributed by atoms with Crippen LogP contribution in [0.1, 0.15) is 11.1 Å². The molecule has 0 saturated carbocycles. The van der Waals surface area contributed by atoms with Crippen LogP contribution in [0.25, 0.3) is 0 Å². The monoisotopic (exact) mass is 309 g/mol. The summed E-state index contributed by atoms with van der Waals surface area (Å²) in [5.41, 5.74) is 5.49. The summed E-state index contributed by atoms with van der Waals surface area (Å²) in [7, 11) is 0. The molecule has 1 rings (SSSR count). The highest BCUT2D eigenvalue weighted by Crippen LogP contribution is 2.36. The third-order valence-corrected chi connectivity index (χ3v) is 2.37. The number of halogens is 4. The molecule has 1 aromatic rings. The van der Waals surface area contributed by atoms with Crippen molar-refractivity contribution in [1.29, 1.82) is 0 Å². The van der Waals surface area contributed by atoms with Crippen LogP contribution >= 0.6 is 15.9 Å². The number of hydrogen-bond acceptors (Lipinski definition) is 2. The maximum absolute atomic E-state index is 12.7. The summed E-state index contributed by atoms with van der Waals surface area (Å²) in [6.07, 6.45) is -3.65. The zero-order chi connectivity index (χ0) is 13.1. The van der Waals surface area contributed by atoms with Crippen LogP contribution in [0.2, 0.25) is 0 Å². The summed E-state index contributed by atoms with van der Waals surface area (Å²) in [5, 5.41) is 3.29. The van der Waals surface area contributed by atoms with Crippen molar-refractivity contribution in [3.63, 3.8) is 0 Å². The largest absolute Gasteiger partial charge is 0.418 e. The third-order valence-electron chi connectivity index (χ3n) is 1.71. The number of primary amides is 1. The third kappa shape index (κ3) is 3.74. The van der Waals surface area contributed by atoms with Crippen LogP contribution < -0.4 is 11.2 Å². The molecule has 0 aromatic heterocycles. The van der Waals surface area contributed by atoms with Crippen molar-refractivity contribution in [1.82, 2.24) is 5.43 Å². The fourth-order valence-corrected chi connectivity index (χ4v) is 1.72. The zero-order valence-corrected chi connectivity index (χ0v) is 9.84. The van der Waals surface area contributed by atoms with Crippen molar-refractivity contribution < 1.29 is 18.0 Å². The number of nitrogens with zero attached hydrogens (tertiary/aromatic N) is 1. The van der Waals surface area contributed by atoms with Gasteiger partial charge < -0.3 is 5.73 Å². The van der Waals surface area contributed by atoms with Gasteiger partial charge in [0.1, 0.15) is 0 Å². The number of nitrogens with one attached hydrogen (secondary N) is 1. The Morgan fingerprint density at radius 2 is 2.12 bits per heavy atom. The lowest BCUT2D eigenvalue weighted by molar-refractivity contribution is -0.138. The van der Waals surface area contributed by atoms with Crippen molar-refractivity contribution in [2.75, 3.05) is 0 Å². The highest BCUT2D eigenvalue weighted by Gasteiger charge is 2.35. The van der Waals surface area contributed by atoms with Crippen molar-refractivity contribution in [2.24, 2.45) is 10.8 Å². The molecule has 92 valence electrons. The Kier molecular flexibility index (Phi) is 4.11. The van der Waals surface area contributed by atoms with Crippen molar-refractivity contribution in [3.05, 3.63) is 33.8 Å². The van der Waals surface area contributed by atoms with Gasteiger partial charge in [-0.25, -0.2) is 10.2 Å². The predicted octanol–water partition coefficient (Wildman–Crippen LogP) is 2.47. The lowest BCUT2D eigenvalue weighted by Gasteiger charge is -2.11. The summed E-state index contributed by atoms with van der Waals surface area (Å²) < 4.78 is 38.0. The minimum absolute atomic E-state index is 0.104. The minimum atomic E-state index is -4.52. The van der Waals surface area contributed by atoms with Gasteiger partial charge in [0.05, 0.1) is 11.8 Å². The second-order valence-corrected chi connectivity index (χ2v) is 3.79. The first kappa shape index (κ1) is 13.5. The number of carbonyl (C=O) groups is 1. The Morgan fingerprint density at radius 3 is 2.65 bits per heavy atom. The fraction of sp³-hybridized carbons (Fsp3) is 0.111. The summed E-state index contributed by atoms with van der Waals surface area (Å²) in [4.78, 5) is 10.3. The summed E-state index contributed by atoms with van der Waals surface area (Å²) in [5.74, 6) is 0. The predicted molar refractivity (Wildman–Crippen MR) is 59.5 cm³/mol. The Labute approximate surface area is 103 Å². The molecule has 0 aliphatic rings. The molecule has 0 aliphatic heterocycles. The fourth-order valence-electron chi connectivity index (χ4n) is 1.11. The second-order valence-electron chi connectivity index (χ2n) is 2.94. The standard InChI is InChI=1S/C9H7BrF3N3O/c10-6-3-1-2-5(4-15-16-8(14)17)7(6)9(11,12)13/h1-4H,(H3,14,16,17). The molecule has 3 N–H and O–H groups in total. The second kappa shape index (κ2) is 5.17. The van der Waals surface area contributed by atoms with E-state index in [1.165, 1.54) is 18.2 Å². The van der Waals surface area contributed by atoms with Crippen LogP contribution in [0.4, 0.5) is 18.0 Å². The van der Waals surface area contributed by atoms with E-state index in [1.54, 1.807) is 0 Å². The molecular formula is C9H7BrF3N3O. The number of amides is 2. The molecule has 2 amide bonds. The molecule has 17 heavy (non-hydrogen) atoms. The van der Waals surface area contributed by atoms with E-state index in [4.69, 9.17) is 5.73 Å². The Hall–Kier alpha value is -1.57. The normalized spacial score (nSPS) is 11.8.